The fourth-order valence-corrected chi connectivity index (χ4v) is 1.64. The molecule has 0 bridgehead atoms. The number of carbonyl (C=O) groups excluding carboxylic acids is 1. The zero-order valence-corrected chi connectivity index (χ0v) is 7.79. The van der Waals surface area contributed by atoms with Gasteiger partial charge in [0.1, 0.15) is 6.04 Å². The van der Waals surface area contributed by atoms with E-state index in [-0.39, 0.29) is 18.1 Å². The summed E-state index contributed by atoms with van der Waals surface area (Å²) in [6.07, 6.45) is 0. The third-order valence-electron chi connectivity index (χ3n) is 2.05. The number of rotatable bonds is 1. The Morgan fingerprint density at radius 3 is 2.83 bits per heavy atom. The van der Waals surface area contributed by atoms with Crippen molar-refractivity contribution in [2.24, 2.45) is 0 Å². The Morgan fingerprint density at radius 1 is 1.75 bits per heavy atom. The molecule has 0 radical (unpaired) electrons. The van der Waals surface area contributed by atoms with E-state index in [4.69, 9.17) is 5.11 Å². The number of hydrogen-bond donors (Lipinski definition) is 2. The third kappa shape index (κ3) is 1.76. The molecule has 2 N–H and O–H groups in total. The second-order valence-electron chi connectivity index (χ2n) is 3.96. The van der Waals surface area contributed by atoms with Crippen molar-refractivity contribution in [1.82, 2.24) is 10.2 Å². The lowest BCUT2D eigenvalue weighted by atomic mass is 9.99. The van der Waals surface area contributed by atoms with E-state index >= 15 is 0 Å². The SMILES string of the molecule is CN1CC(C)(C)NC(CO)C1=O. The molecule has 4 heteroatoms. The first-order chi connectivity index (χ1) is 5.46. The van der Waals surface area contributed by atoms with Crippen LogP contribution in [0.25, 0.3) is 0 Å². The van der Waals surface area contributed by atoms with Crippen LogP contribution in [-0.2, 0) is 4.79 Å². The Balaban J connectivity index is 2.71. The minimum atomic E-state index is -0.432. The van der Waals surface area contributed by atoms with Gasteiger partial charge in [-0.25, -0.2) is 0 Å². The van der Waals surface area contributed by atoms with Crippen LogP contribution >= 0.6 is 0 Å². The lowest BCUT2D eigenvalue weighted by molar-refractivity contribution is -0.138. The summed E-state index contributed by atoms with van der Waals surface area (Å²) in [5.74, 6) is -0.0307. The zero-order chi connectivity index (χ0) is 9.35. The van der Waals surface area contributed by atoms with Crippen LogP contribution in [-0.4, -0.2) is 47.7 Å². The fraction of sp³-hybridized carbons (Fsp3) is 0.875. The summed E-state index contributed by atoms with van der Waals surface area (Å²) in [6.45, 7) is 4.58. The van der Waals surface area contributed by atoms with E-state index in [2.05, 4.69) is 5.32 Å². The zero-order valence-electron chi connectivity index (χ0n) is 7.79. The minimum absolute atomic E-state index is 0.0307. The van der Waals surface area contributed by atoms with Gasteiger partial charge in [0.2, 0.25) is 5.91 Å². The van der Waals surface area contributed by atoms with Gasteiger partial charge in [-0.15, -0.1) is 0 Å². The molecular formula is C8H16N2O2. The lowest BCUT2D eigenvalue weighted by Crippen LogP contribution is -2.64. The van der Waals surface area contributed by atoms with Gasteiger partial charge in [-0.3, -0.25) is 10.1 Å². The van der Waals surface area contributed by atoms with Crippen molar-refractivity contribution in [3.63, 3.8) is 0 Å². The standard InChI is InChI=1S/C8H16N2O2/c1-8(2)5-10(3)7(12)6(4-11)9-8/h6,9,11H,4-5H2,1-3H3. The highest BCUT2D eigenvalue weighted by molar-refractivity contribution is 5.82. The predicted molar refractivity (Wildman–Crippen MR) is 45.7 cm³/mol. The van der Waals surface area contributed by atoms with E-state index in [0.717, 1.165) is 0 Å². The monoisotopic (exact) mass is 172 g/mol. The molecular weight excluding hydrogens is 156 g/mol. The second-order valence-corrected chi connectivity index (χ2v) is 3.96. The number of amides is 1. The molecule has 70 valence electrons. The van der Waals surface area contributed by atoms with Crippen molar-refractivity contribution in [2.75, 3.05) is 20.2 Å². The smallest absolute Gasteiger partial charge is 0.241 e. The van der Waals surface area contributed by atoms with Crippen LogP contribution in [0.3, 0.4) is 0 Å². The van der Waals surface area contributed by atoms with Gasteiger partial charge in [0.05, 0.1) is 6.61 Å². The lowest BCUT2D eigenvalue weighted by Gasteiger charge is -2.40. The topological polar surface area (TPSA) is 52.6 Å². The highest BCUT2D eigenvalue weighted by Crippen LogP contribution is 2.12. The van der Waals surface area contributed by atoms with Crippen molar-refractivity contribution in [3.05, 3.63) is 0 Å². The molecule has 0 aromatic heterocycles. The van der Waals surface area contributed by atoms with Gasteiger partial charge in [0.25, 0.3) is 0 Å². The van der Waals surface area contributed by atoms with Crippen LogP contribution in [0.2, 0.25) is 0 Å². The van der Waals surface area contributed by atoms with Crippen molar-refractivity contribution >= 4 is 5.91 Å². The van der Waals surface area contributed by atoms with Gasteiger partial charge >= 0.3 is 0 Å². The van der Waals surface area contributed by atoms with Crippen molar-refractivity contribution < 1.29 is 9.90 Å². The second kappa shape index (κ2) is 3.03. The van der Waals surface area contributed by atoms with Crippen molar-refractivity contribution in [1.29, 1.82) is 0 Å². The number of aliphatic hydroxyl groups is 1. The molecule has 12 heavy (non-hydrogen) atoms. The first-order valence-corrected chi connectivity index (χ1v) is 4.10. The summed E-state index contributed by atoms with van der Waals surface area (Å²) in [6, 6.07) is -0.432. The largest absolute Gasteiger partial charge is 0.394 e. The molecule has 0 spiro atoms. The number of nitrogens with one attached hydrogen (secondary N) is 1. The molecule has 1 amide bonds. The van der Waals surface area contributed by atoms with Crippen molar-refractivity contribution in [3.8, 4) is 0 Å². The summed E-state index contributed by atoms with van der Waals surface area (Å²) < 4.78 is 0. The van der Waals surface area contributed by atoms with E-state index in [0.29, 0.717) is 6.54 Å². The summed E-state index contributed by atoms with van der Waals surface area (Å²) in [7, 11) is 1.76. The molecule has 1 heterocycles. The summed E-state index contributed by atoms with van der Waals surface area (Å²) in [4.78, 5) is 13.0. The molecule has 1 unspecified atom stereocenters. The van der Waals surface area contributed by atoms with E-state index in [9.17, 15) is 4.79 Å². The van der Waals surface area contributed by atoms with Gasteiger partial charge in [-0.1, -0.05) is 0 Å². The maximum atomic E-state index is 11.3. The predicted octanol–water partition coefficient (Wildman–Crippen LogP) is -0.813. The quantitative estimate of drug-likeness (QED) is 0.544. The molecule has 1 rings (SSSR count). The maximum Gasteiger partial charge on any atom is 0.241 e. The van der Waals surface area contributed by atoms with Gasteiger partial charge < -0.3 is 10.0 Å². The normalized spacial score (nSPS) is 29.2. The Bertz CT molecular complexity index is 191. The van der Waals surface area contributed by atoms with Crippen LogP contribution in [0.5, 0.6) is 0 Å². The van der Waals surface area contributed by atoms with Crippen molar-refractivity contribution in [2.45, 2.75) is 25.4 Å². The van der Waals surface area contributed by atoms with Gasteiger partial charge in [0, 0.05) is 19.1 Å². The minimum Gasteiger partial charge on any atom is -0.394 e. The third-order valence-corrected chi connectivity index (χ3v) is 2.05. The molecule has 1 fully saturated rings. The van der Waals surface area contributed by atoms with E-state index < -0.39 is 6.04 Å². The first kappa shape index (κ1) is 9.48. The Morgan fingerprint density at radius 2 is 2.33 bits per heavy atom. The average molecular weight is 172 g/mol. The molecule has 1 aliphatic rings. The van der Waals surface area contributed by atoms with E-state index in [1.54, 1.807) is 11.9 Å². The maximum absolute atomic E-state index is 11.3. The molecule has 1 atom stereocenters. The molecule has 4 nitrogen and oxygen atoms in total. The first-order valence-electron chi connectivity index (χ1n) is 4.10. The summed E-state index contributed by atoms with van der Waals surface area (Å²) >= 11 is 0. The molecule has 0 saturated carbocycles. The van der Waals surface area contributed by atoms with Gasteiger partial charge in [-0.05, 0) is 13.8 Å². The number of piperazine rings is 1. The number of aliphatic hydroxyl groups excluding tert-OH is 1. The molecule has 0 aliphatic carbocycles. The van der Waals surface area contributed by atoms with E-state index in [1.165, 1.54) is 0 Å². The Labute approximate surface area is 72.6 Å². The highest BCUT2D eigenvalue weighted by atomic mass is 16.3. The highest BCUT2D eigenvalue weighted by Gasteiger charge is 2.35. The summed E-state index contributed by atoms with van der Waals surface area (Å²) in [5.41, 5.74) is -0.101. The van der Waals surface area contributed by atoms with E-state index in [1.807, 2.05) is 13.8 Å². The Hall–Kier alpha value is -0.610. The molecule has 1 saturated heterocycles. The molecule has 0 aromatic rings. The molecule has 1 aliphatic heterocycles. The van der Waals surface area contributed by atoms with Crippen LogP contribution in [0.4, 0.5) is 0 Å². The van der Waals surface area contributed by atoms with Crippen LogP contribution in [0.1, 0.15) is 13.8 Å². The van der Waals surface area contributed by atoms with Crippen LogP contribution < -0.4 is 5.32 Å². The average Bonchev–Trinajstić information content (AvgIpc) is 1.96. The van der Waals surface area contributed by atoms with Crippen LogP contribution in [0, 0.1) is 0 Å². The number of hydrogen-bond acceptors (Lipinski definition) is 3. The summed E-state index contributed by atoms with van der Waals surface area (Å²) in [5, 5.41) is 12.0. The number of nitrogens with zero attached hydrogens (tertiary/aromatic N) is 1. The molecule has 0 aromatic carbocycles. The fourth-order valence-electron chi connectivity index (χ4n) is 1.64. The van der Waals surface area contributed by atoms with Gasteiger partial charge in [-0.2, -0.15) is 0 Å². The van der Waals surface area contributed by atoms with Gasteiger partial charge in [0.15, 0.2) is 0 Å². The number of carbonyl (C=O) groups is 1. The van der Waals surface area contributed by atoms with Crippen LogP contribution in [0.15, 0.2) is 0 Å². The number of likely N-dealkylation sites (N-methyl/N-ethyl adjacent to an activating group) is 1. The Kier molecular flexibility index (Phi) is 2.39.